The molecular weight excluding hydrogens is 191 g/mol. The van der Waals surface area contributed by atoms with E-state index in [1.54, 1.807) is 12.1 Å². The predicted molar refractivity (Wildman–Crippen MR) is 55.1 cm³/mol. The van der Waals surface area contributed by atoms with Crippen molar-refractivity contribution in [2.24, 2.45) is 0 Å². The van der Waals surface area contributed by atoms with Gasteiger partial charge in [-0.2, -0.15) is 0 Å². The maximum absolute atomic E-state index is 9.25. The fourth-order valence-corrected chi connectivity index (χ4v) is 0.990. The summed E-state index contributed by atoms with van der Waals surface area (Å²) in [5.41, 5.74) is 1.02. The molecule has 0 aliphatic heterocycles. The van der Waals surface area contributed by atoms with Crippen LogP contribution < -0.4 is 4.74 Å². The van der Waals surface area contributed by atoms with Crippen LogP contribution in [0.5, 0.6) is 11.5 Å². The Kier molecular flexibility index (Phi) is 6.72. The van der Waals surface area contributed by atoms with Gasteiger partial charge < -0.3 is 9.84 Å². The summed E-state index contributed by atoms with van der Waals surface area (Å²) < 4.78 is 4.95. The molecule has 65 valence electrons. The molecule has 13 heavy (non-hydrogen) atoms. The van der Waals surface area contributed by atoms with Crippen molar-refractivity contribution in [3.63, 3.8) is 0 Å². The second-order valence-corrected chi connectivity index (χ2v) is 2.43. The quantitative estimate of drug-likeness (QED) is 0.745. The largest absolute Gasteiger partial charge is 0.504 e. The number of phenols is 1. The van der Waals surface area contributed by atoms with Crippen LogP contribution in [-0.4, -0.2) is 63.6 Å². The van der Waals surface area contributed by atoms with E-state index in [0.29, 0.717) is 5.75 Å². The molecule has 1 aromatic carbocycles. The molecule has 3 heteroatoms. The average Bonchev–Trinajstić information content (AvgIpc) is 2.09. The molecule has 0 aromatic heterocycles. The second kappa shape index (κ2) is 6.62. The SMILES string of the molecule is CC=Cc1ccc(O)c(OC)c1.[K]. The molecule has 1 N–H and O–H groups in total. The maximum Gasteiger partial charge on any atom is 0.161 e. The molecule has 0 heterocycles. The minimum absolute atomic E-state index is 0. The Hall–Kier alpha value is 0.196. The molecule has 0 saturated heterocycles. The van der Waals surface area contributed by atoms with Crippen molar-refractivity contribution in [3.05, 3.63) is 29.8 Å². The van der Waals surface area contributed by atoms with E-state index in [9.17, 15) is 5.11 Å². The van der Waals surface area contributed by atoms with E-state index in [1.165, 1.54) is 7.11 Å². The van der Waals surface area contributed by atoms with Crippen molar-refractivity contribution in [2.75, 3.05) is 7.11 Å². The summed E-state index contributed by atoms with van der Waals surface area (Å²) in [4.78, 5) is 0. The molecule has 0 aliphatic carbocycles. The molecular formula is C10H12KO2. The molecule has 0 spiro atoms. The van der Waals surface area contributed by atoms with Crippen LogP contribution in [0.15, 0.2) is 24.3 Å². The van der Waals surface area contributed by atoms with Gasteiger partial charge in [0.15, 0.2) is 11.5 Å². The number of benzene rings is 1. The standard InChI is InChI=1S/C10H12O2.K/c1-3-4-8-5-6-9(11)10(7-8)12-2;/h3-7,11H,1-2H3;. The van der Waals surface area contributed by atoms with Crippen molar-refractivity contribution in [2.45, 2.75) is 6.92 Å². The fourth-order valence-electron chi connectivity index (χ4n) is 0.990. The van der Waals surface area contributed by atoms with Crippen molar-refractivity contribution in [1.82, 2.24) is 0 Å². The summed E-state index contributed by atoms with van der Waals surface area (Å²) in [6.45, 7) is 1.94. The van der Waals surface area contributed by atoms with E-state index in [1.807, 2.05) is 25.1 Å². The zero-order chi connectivity index (χ0) is 8.97. The molecule has 0 saturated carbocycles. The number of aromatic hydroxyl groups is 1. The smallest absolute Gasteiger partial charge is 0.161 e. The van der Waals surface area contributed by atoms with Crippen LogP contribution in [0.4, 0.5) is 0 Å². The summed E-state index contributed by atoms with van der Waals surface area (Å²) in [7, 11) is 1.54. The van der Waals surface area contributed by atoms with Crippen LogP contribution in [0, 0.1) is 0 Å². The third-order valence-corrected chi connectivity index (χ3v) is 1.56. The summed E-state index contributed by atoms with van der Waals surface area (Å²) >= 11 is 0. The van der Waals surface area contributed by atoms with Gasteiger partial charge in [-0.05, 0) is 24.6 Å². The third-order valence-electron chi connectivity index (χ3n) is 1.56. The van der Waals surface area contributed by atoms with Gasteiger partial charge in [0.05, 0.1) is 7.11 Å². The topological polar surface area (TPSA) is 29.5 Å². The Morgan fingerprint density at radius 1 is 1.38 bits per heavy atom. The normalized spacial score (nSPS) is 9.69. The number of phenolic OH excluding ortho intramolecular Hbond substituents is 1. The molecule has 1 aromatic rings. The third kappa shape index (κ3) is 3.83. The first-order chi connectivity index (χ1) is 5.77. The zero-order valence-electron chi connectivity index (χ0n) is 8.24. The summed E-state index contributed by atoms with van der Waals surface area (Å²) in [5, 5.41) is 9.25. The Balaban J connectivity index is 0.00000144. The molecule has 0 amide bonds. The minimum Gasteiger partial charge on any atom is -0.504 e. The molecule has 0 aliphatic rings. The van der Waals surface area contributed by atoms with E-state index in [4.69, 9.17) is 4.74 Å². The summed E-state index contributed by atoms with van der Waals surface area (Å²) in [5.74, 6) is 0.677. The Morgan fingerprint density at radius 3 is 2.62 bits per heavy atom. The fraction of sp³-hybridized carbons (Fsp3) is 0.200. The number of methoxy groups -OCH3 is 1. The van der Waals surface area contributed by atoms with Gasteiger partial charge in [-0.1, -0.05) is 18.2 Å². The second-order valence-electron chi connectivity index (χ2n) is 2.43. The van der Waals surface area contributed by atoms with E-state index in [2.05, 4.69) is 0 Å². The predicted octanol–water partition coefficient (Wildman–Crippen LogP) is 2.05. The Morgan fingerprint density at radius 2 is 2.08 bits per heavy atom. The molecule has 0 bridgehead atoms. The number of hydrogen-bond donors (Lipinski definition) is 1. The molecule has 2 nitrogen and oxygen atoms in total. The van der Waals surface area contributed by atoms with Gasteiger partial charge in [0.2, 0.25) is 0 Å². The van der Waals surface area contributed by atoms with Crippen molar-refractivity contribution >= 4 is 57.5 Å². The van der Waals surface area contributed by atoms with Crippen LogP contribution in [0.2, 0.25) is 0 Å². The number of ether oxygens (including phenoxy) is 1. The minimum atomic E-state index is 0. The van der Waals surface area contributed by atoms with Crippen molar-refractivity contribution < 1.29 is 9.84 Å². The van der Waals surface area contributed by atoms with Crippen LogP contribution in [0.3, 0.4) is 0 Å². The van der Waals surface area contributed by atoms with Crippen LogP contribution in [-0.2, 0) is 0 Å². The van der Waals surface area contributed by atoms with Crippen LogP contribution in [0.25, 0.3) is 6.08 Å². The summed E-state index contributed by atoms with van der Waals surface area (Å²) in [6, 6.07) is 5.24. The van der Waals surface area contributed by atoms with E-state index in [0.717, 1.165) is 5.56 Å². The number of hydrogen-bond acceptors (Lipinski definition) is 2. The van der Waals surface area contributed by atoms with Crippen molar-refractivity contribution in [3.8, 4) is 11.5 Å². The maximum atomic E-state index is 9.25. The van der Waals surface area contributed by atoms with Gasteiger partial charge in [-0.25, -0.2) is 0 Å². The first-order valence-electron chi connectivity index (χ1n) is 3.77. The number of rotatable bonds is 2. The number of allylic oxidation sites excluding steroid dienone is 1. The molecule has 0 atom stereocenters. The van der Waals surface area contributed by atoms with Gasteiger partial charge in [-0.15, -0.1) is 0 Å². The Bertz CT molecular complexity index is 295. The monoisotopic (exact) mass is 203 g/mol. The first kappa shape index (κ1) is 13.2. The van der Waals surface area contributed by atoms with Crippen molar-refractivity contribution in [1.29, 1.82) is 0 Å². The molecule has 0 fully saturated rings. The Labute approximate surface area is 121 Å². The summed E-state index contributed by atoms with van der Waals surface area (Å²) in [6.07, 6.45) is 3.88. The van der Waals surface area contributed by atoms with E-state index in [-0.39, 0.29) is 57.1 Å². The average molecular weight is 203 g/mol. The zero-order valence-corrected chi connectivity index (χ0v) is 11.4. The molecule has 1 rings (SSSR count). The van der Waals surface area contributed by atoms with Crippen LogP contribution in [0.1, 0.15) is 12.5 Å². The van der Waals surface area contributed by atoms with Gasteiger partial charge >= 0.3 is 0 Å². The van der Waals surface area contributed by atoms with E-state index < -0.39 is 0 Å². The van der Waals surface area contributed by atoms with E-state index >= 15 is 0 Å². The van der Waals surface area contributed by atoms with Gasteiger partial charge in [-0.3, -0.25) is 0 Å². The van der Waals surface area contributed by atoms with Gasteiger partial charge in [0, 0.05) is 51.4 Å². The van der Waals surface area contributed by atoms with Crippen LogP contribution >= 0.6 is 0 Å². The van der Waals surface area contributed by atoms with Gasteiger partial charge in [0.1, 0.15) is 0 Å². The first-order valence-corrected chi connectivity index (χ1v) is 3.77. The van der Waals surface area contributed by atoms with Gasteiger partial charge in [0.25, 0.3) is 0 Å². The molecule has 1 radical (unpaired) electrons. The molecule has 0 unspecified atom stereocenters.